The summed E-state index contributed by atoms with van der Waals surface area (Å²) in [6.07, 6.45) is 14.8. The fraction of sp³-hybridized carbons (Fsp3) is 0.400. The van der Waals surface area contributed by atoms with E-state index in [-0.39, 0.29) is 24.4 Å². The van der Waals surface area contributed by atoms with Crippen molar-refractivity contribution in [1.82, 2.24) is 40.3 Å². The lowest BCUT2D eigenvalue weighted by Crippen LogP contribution is -2.52. The molecule has 3 aromatic heterocycles. The van der Waals surface area contributed by atoms with Gasteiger partial charge in [0.1, 0.15) is 30.4 Å². The van der Waals surface area contributed by atoms with Gasteiger partial charge in [0.2, 0.25) is 17.8 Å². The number of likely N-dealkylation sites (tertiary alicyclic amines) is 1. The van der Waals surface area contributed by atoms with E-state index < -0.39 is 25.0 Å². The summed E-state index contributed by atoms with van der Waals surface area (Å²) in [7, 11) is 0.914. The van der Waals surface area contributed by atoms with Crippen molar-refractivity contribution in [2.45, 2.75) is 57.4 Å². The molecule has 7 heterocycles. The highest BCUT2D eigenvalue weighted by Gasteiger charge is 2.38. The minimum atomic E-state index is -2.70. The summed E-state index contributed by atoms with van der Waals surface area (Å²) in [5, 5.41) is 17.2. The Morgan fingerprint density at radius 1 is 0.824 bits per heavy atom. The maximum atomic E-state index is 13.7. The number of nitrogens with one attached hydrogen (secondary N) is 4. The van der Waals surface area contributed by atoms with Gasteiger partial charge < -0.3 is 40.0 Å². The molecule has 3 amide bonds. The Morgan fingerprint density at radius 3 is 2.26 bits per heavy atom. The molecule has 1 atom stereocenters. The Kier molecular flexibility index (Phi) is 14.9. The summed E-state index contributed by atoms with van der Waals surface area (Å²) in [5.41, 5.74) is 8.22. The van der Waals surface area contributed by atoms with Crippen LogP contribution in [0.2, 0.25) is 0 Å². The molecule has 3 aromatic carbocycles. The number of amides is 3. The number of rotatable bonds is 14. The van der Waals surface area contributed by atoms with E-state index in [9.17, 15) is 18.9 Å². The number of methoxy groups -OCH3 is 1. The molecule has 4 fully saturated rings. The number of hydrogen-bond acceptors (Lipinski definition) is 14. The Hall–Kier alpha value is -6.62. The van der Waals surface area contributed by atoms with Gasteiger partial charge in [0.05, 0.1) is 41.0 Å². The zero-order valence-corrected chi connectivity index (χ0v) is 44.9. The third-order valence-electron chi connectivity index (χ3n) is 15.4. The van der Waals surface area contributed by atoms with Crippen LogP contribution in [0.3, 0.4) is 0 Å². The smallest absolute Gasteiger partial charge is 0.270 e. The van der Waals surface area contributed by atoms with Gasteiger partial charge in [0.25, 0.3) is 5.91 Å². The first-order valence-corrected chi connectivity index (χ1v) is 28.9. The van der Waals surface area contributed by atoms with Crippen molar-refractivity contribution < 1.29 is 23.7 Å². The lowest BCUT2D eigenvalue weighted by atomic mass is 9.71. The van der Waals surface area contributed by atoms with E-state index in [0.717, 1.165) is 110 Å². The lowest BCUT2D eigenvalue weighted by Gasteiger charge is -2.48. The maximum Gasteiger partial charge on any atom is 0.270 e. The molecule has 4 aliphatic heterocycles. The normalized spacial score (nSPS) is 18.5. The quantitative estimate of drug-likeness (QED) is 0.0599. The van der Waals surface area contributed by atoms with Crippen LogP contribution in [0.5, 0.6) is 5.75 Å². The highest BCUT2D eigenvalue weighted by atomic mass is 79.9. The number of hydrogen-bond donors (Lipinski definition) is 4. The van der Waals surface area contributed by atoms with E-state index in [4.69, 9.17) is 9.72 Å². The highest BCUT2D eigenvalue weighted by Crippen LogP contribution is 2.45. The Bertz CT molecular complexity index is 3070. The number of aromatic nitrogens is 5. The van der Waals surface area contributed by atoms with Crippen LogP contribution in [0.1, 0.15) is 61.9 Å². The molecule has 19 heteroatoms. The first-order valence-electron chi connectivity index (χ1n) is 25.5. The standard InChI is InChI=1S/C55H64BrN12O5P/c1-65-35-39(31-59-65)41-29-46(62-54-58-33-42(56)51(64-54)60-43-12-10-38(28-49(43)74(3,4)72)37-8-6-5-7-9-37)48(73-2)30-47(41)68-22-16-36(17-23-68)34-66-24-18-55(19-25-66)20-26-67(27-21-55)40-11-13-44(57-32-40)52(70)61-45-14-15-50(69)63-53(45)71/h5-13,28-33,35-36,45H,14-27,34H2,1-4H3,(H,61,70)(H,63,69,71)(H2,58,60,62,64). The van der Waals surface area contributed by atoms with Crippen LogP contribution in [-0.2, 0) is 21.2 Å². The predicted molar refractivity (Wildman–Crippen MR) is 295 cm³/mol. The number of anilines is 6. The third-order valence-corrected chi connectivity index (χ3v) is 17.5. The van der Waals surface area contributed by atoms with Crippen LogP contribution in [0.25, 0.3) is 22.3 Å². The summed E-state index contributed by atoms with van der Waals surface area (Å²) >= 11 is 3.65. The molecule has 74 heavy (non-hydrogen) atoms. The molecule has 386 valence electrons. The van der Waals surface area contributed by atoms with Gasteiger partial charge in [-0.1, -0.05) is 36.4 Å². The van der Waals surface area contributed by atoms with E-state index in [0.29, 0.717) is 44.7 Å². The molecular weight excluding hydrogens is 1020 g/mol. The average Bonchev–Trinajstić information content (AvgIpc) is 3.85. The van der Waals surface area contributed by atoms with E-state index in [1.54, 1.807) is 38.9 Å². The van der Waals surface area contributed by atoms with Crippen molar-refractivity contribution in [3.8, 4) is 28.0 Å². The van der Waals surface area contributed by atoms with Gasteiger partial charge in [-0.15, -0.1) is 0 Å². The van der Waals surface area contributed by atoms with Crippen molar-refractivity contribution in [3.63, 3.8) is 0 Å². The first kappa shape index (κ1) is 50.9. The topological polar surface area (TPSA) is 192 Å². The second kappa shape index (κ2) is 21.7. The fourth-order valence-corrected chi connectivity index (χ4v) is 12.4. The van der Waals surface area contributed by atoms with Crippen molar-refractivity contribution >= 4 is 80.6 Å². The molecular formula is C55H64BrN12O5P. The van der Waals surface area contributed by atoms with Crippen LogP contribution < -0.4 is 41.1 Å². The van der Waals surface area contributed by atoms with Crippen LogP contribution in [-0.4, -0.2) is 120 Å². The lowest BCUT2D eigenvalue weighted by molar-refractivity contribution is -0.134. The van der Waals surface area contributed by atoms with Gasteiger partial charge in [0, 0.05) is 86.8 Å². The van der Waals surface area contributed by atoms with Crippen molar-refractivity contribution in [2.24, 2.45) is 18.4 Å². The summed E-state index contributed by atoms with van der Waals surface area (Å²) in [5.74, 6) is 0.970. The fourth-order valence-electron chi connectivity index (χ4n) is 11.0. The third kappa shape index (κ3) is 11.5. The number of piperidine rings is 4. The maximum absolute atomic E-state index is 13.7. The zero-order chi connectivity index (χ0) is 51.6. The monoisotopic (exact) mass is 1080 g/mol. The number of carbonyl (C=O) groups is 3. The molecule has 4 N–H and O–H groups in total. The molecule has 0 aliphatic carbocycles. The van der Waals surface area contributed by atoms with E-state index in [1.165, 1.54) is 12.8 Å². The zero-order valence-electron chi connectivity index (χ0n) is 42.4. The summed E-state index contributed by atoms with van der Waals surface area (Å²) in [6, 6.07) is 23.2. The second-order valence-corrected chi connectivity index (χ2v) is 24.7. The summed E-state index contributed by atoms with van der Waals surface area (Å²) in [4.78, 5) is 58.0. The Labute approximate surface area is 440 Å². The van der Waals surface area contributed by atoms with Crippen LogP contribution in [0.15, 0.2) is 102 Å². The molecule has 17 nitrogen and oxygen atoms in total. The number of aryl methyl sites for hydroxylation is 1. The van der Waals surface area contributed by atoms with Gasteiger partial charge >= 0.3 is 0 Å². The number of ether oxygens (including phenoxy) is 1. The van der Waals surface area contributed by atoms with Crippen molar-refractivity contribution in [2.75, 3.05) is 86.7 Å². The molecule has 6 aromatic rings. The predicted octanol–water partition coefficient (Wildman–Crippen LogP) is 8.58. The minimum Gasteiger partial charge on any atom is -0.494 e. The number of benzene rings is 3. The van der Waals surface area contributed by atoms with Gasteiger partial charge in [-0.25, -0.2) is 9.97 Å². The van der Waals surface area contributed by atoms with Gasteiger partial charge in [-0.05, 0) is 140 Å². The van der Waals surface area contributed by atoms with Crippen LogP contribution in [0.4, 0.5) is 34.5 Å². The molecule has 10 rings (SSSR count). The highest BCUT2D eigenvalue weighted by molar-refractivity contribution is 9.10. The van der Waals surface area contributed by atoms with Crippen molar-refractivity contribution in [3.05, 3.63) is 108 Å². The van der Waals surface area contributed by atoms with Gasteiger partial charge in [0.15, 0.2) is 0 Å². The van der Waals surface area contributed by atoms with E-state index in [2.05, 4.69) is 79.1 Å². The van der Waals surface area contributed by atoms with Crippen LogP contribution in [0, 0.1) is 11.3 Å². The van der Waals surface area contributed by atoms with Gasteiger partial charge in [-0.3, -0.25) is 24.4 Å². The minimum absolute atomic E-state index is 0.203. The molecule has 4 aliphatic rings. The molecule has 0 bridgehead atoms. The molecule has 0 saturated carbocycles. The molecule has 0 radical (unpaired) electrons. The summed E-state index contributed by atoms with van der Waals surface area (Å²) in [6.45, 7) is 10.7. The average molecular weight is 1080 g/mol. The number of halogens is 1. The van der Waals surface area contributed by atoms with Gasteiger partial charge in [-0.2, -0.15) is 10.1 Å². The molecule has 4 saturated heterocycles. The largest absolute Gasteiger partial charge is 0.494 e. The molecule has 1 unspecified atom stereocenters. The Balaban J connectivity index is 0.749. The number of nitrogens with zero attached hydrogens (tertiary/aromatic N) is 8. The second-order valence-electron chi connectivity index (χ2n) is 20.7. The Morgan fingerprint density at radius 2 is 1.58 bits per heavy atom. The van der Waals surface area contributed by atoms with Crippen molar-refractivity contribution in [1.29, 1.82) is 0 Å². The first-order chi connectivity index (χ1) is 35.7. The number of pyridine rings is 1. The SMILES string of the molecule is COc1cc(N2CCC(CN3CCC4(CC3)CCN(c3ccc(C(=O)NC5CCC(=O)NC5=O)nc3)CC4)CC2)c(-c2cnn(C)c2)cc1Nc1ncc(Br)c(Nc2ccc(-c3ccccc3)cc2P(C)(C)=O)n1. The molecule has 1 spiro atoms. The van der Waals surface area contributed by atoms with E-state index >= 15 is 0 Å². The van der Waals surface area contributed by atoms with E-state index in [1.807, 2.05) is 78.7 Å². The number of imide groups is 1. The summed E-state index contributed by atoms with van der Waals surface area (Å²) < 4.78 is 22.2. The van der Waals surface area contributed by atoms with Crippen LogP contribution >= 0.6 is 23.1 Å². The number of carbonyl (C=O) groups excluding carboxylic acids is 3.